The summed E-state index contributed by atoms with van der Waals surface area (Å²) >= 11 is 3.49. The Morgan fingerprint density at radius 3 is 2.65 bits per heavy atom. The van der Waals surface area contributed by atoms with Crippen molar-refractivity contribution in [2.75, 3.05) is 13.2 Å². The van der Waals surface area contributed by atoms with Crippen LogP contribution in [0.5, 0.6) is 5.75 Å². The number of likely N-dealkylation sites (tertiary alicyclic amines) is 1. The van der Waals surface area contributed by atoms with Crippen LogP contribution in [0, 0.1) is 17.8 Å². The summed E-state index contributed by atoms with van der Waals surface area (Å²) < 4.78 is 7.26. The molecule has 5 nitrogen and oxygen atoms in total. The van der Waals surface area contributed by atoms with Crippen LogP contribution < -0.4 is 0 Å². The number of hydrogen-bond acceptors (Lipinski definition) is 4. The summed E-state index contributed by atoms with van der Waals surface area (Å²) in [6.45, 7) is 7.38. The number of amides is 2. The third-order valence-electron chi connectivity index (χ3n) is 7.62. The average molecular weight is 531 g/mol. The summed E-state index contributed by atoms with van der Waals surface area (Å²) in [5.74, 6) is -0.115. The van der Waals surface area contributed by atoms with E-state index in [1.54, 1.807) is 6.07 Å². The number of nitrogens with zero attached hydrogens (tertiary/aromatic N) is 1. The van der Waals surface area contributed by atoms with Gasteiger partial charge in [0.1, 0.15) is 5.75 Å². The molecular formula is C28H36BrNO4. The minimum atomic E-state index is -0.251. The van der Waals surface area contributed by atoms with E-state index in [1.165, 1.54) is 21.6 Å². The van der Waals surface area contributed by atoms with Crippen LogP contribution in [-0.2, 0) is 14.3 Å². The molecule has 2 fully saturated rings. The Balaban J connectivity index is 1.54. The molecule has 1 aromatic carbocycles. The number of carbonyl (C=O) groups excluding carboxylic acids is 2. The molecule has 6 heteroatoms. The maximum absolute atomic E-state index is 13.2. The fraction of sp³-hybridized carbons (Fsp3) is 0.571. The molecule has 1 N–H and O–H groups in total. The summed E-state index contributed by atoms with van der Waals surface area (Å²) in [5.41, 5.74) is 4.72. The molecule has 1 aliphatic carbocycles. The largest absolute Gasteiger partial charge is 0.507 e. The normalized spacial score (nSPS) is 26.9. The van der Waals surface area contributed by atoms with E-state index >= 15 is 0 Å². The molecule has 0 bridgehead atoms. The van der Waals surface area contributed by atoms with Gasteiger partial charge >= 0.3 is 0 Å². The predicted molar refractivity (Wildman–Crippen MR) is 137 cm³/mol. The van der Waals surface area contributed by atoms with Gasteiger partial charge in [-0.2, -0.15) is 0 Å². The van der Waals surface area contributed by atoms with Crippen LogP contribution in [0.3, 0.4) is 0 Å². The van der Waals surface area contributed by atoms with Crippen molar-refractivity contribution >= 4 is 33.8 Å². The number of halogens is 1. The van der Waals surface area contributed by atoms with E-state index in [4.69, 9.17) is 4.74 Å². The lowest BCUT2D eigenvalue weighted by Gasteiger charge is -2.31. The van der Waals surface area contributed by atoms with Crippen molar-refractivity contribution in [3.8, 4) is 5.75 Å². The predicted octanol–water partition coefficient (Wildman–Crippen LogP) is 6.25. The molecule has 2 aliphatic heterocycles. The zero-order valence-electron chi connectivity index (χ0n) is 20.5. The number of phenolic OH excluding ortho intramolecular Hbond substituents is 1. The van der Waals surface area contributed by atoms with Gasteiger partial charge in [0.2, 0.25) is 11.8 Å². The number of fused-ring (bicyclic) bond motifs is 3. The van der Waals surface area contributed by atoms with Gasteiger partial charge in [-0.05, 0) is 62.3 Å². The molecule has 34 heavy (non-hydrogen) atoms. The second-order valence-corrected chi connectivity index (χ2v) is 10.7. The van der Waals surface area contributed by atoms with Crippen molar-refractivity contribution in [1.82, 2.24) is 4.90 Å². The zero-order chi connectivity index (χ0) is 24.4. The first kappa shape index (κ1) is 25.2. The highest BCUT2D eigenvalue weighted by atomic mass is 79.9. The summed E-state index contributed by atoms with van der Waals surface area (Å²) in [7, 11) is 0. The number of imide groups is 1. The highest BCUT2D eigenvalue weighted by Gasteiger charge is 2.56. The van der Waals surface area contributed by atoms with E-state index in [0.29, 0.717) is 19.6 Å². The number of hydrogen-bond donors (Lipinski definition) is 1. The van der Waals surface area contributed by atoms with Gasteiger partial charge in [-0.15, -0.1) is 0 Å². The Labute approximate surface area is 211 Å². The fourth-order valence-corrected chi connectivity index (χ4v) is 6.47. The second kappa shape index (κ2) is 10.8. The Bertz CT molecular complexity index is 1010. The monoisotopic (exact) mass is 529 g/mol. The van der Waals surface area contributed by atoms with E-state index in [-0.39, 0.29) is 41.4 Å². The number of rotatable bonds is 9. The third-order valence-corrected chi connectivity index (χ3v) is 8.11. The van der Waals surface area contributed by atoms with Gasteiger partial charge in [0.05, 0.1) is 24.5 Å². The van der Waals surface area contributed by atoms with Gasteiger partial charge in [0.15, 0.2) is 0 Å². The smallest absolute Gasteiger partial charge is 0.233 e. The minimum Gasteiger partial charge on any atom is -0.507 e. The van der Waals surface area contributed by atoms with E-state index in [2.05, 4.69) is 35.9 Å². The lowest BCUT2D eigenvalue weighted by atomic mass is 9.69. The first-order chi connectivity index (χ1) is 16.4. The molecule has 0 saturated carbocycles. The van der Waals surface area contributed by atoms with Crippen molar-refractivity contribution in [2.45, 2.75) is 71.8 Å². The molecule has 2 heterocycles. The third kappa shape index (κ3) is 4.76. The molecular weight excluding hydrogens is 494 g/mol. The van der Waals surface area contributed by atoms with Crippen LogP contribution in [0.4, 0.5) is 0 Å². The number of benzene rings is 1. The quantitative estimate of drug-likeness (QED) is 0.303. The van der Waals surface area contributed by atoms with Crippen LogP contribution in [0.15, 0.2) is 39.4 Å². The van der Waals surface area contributed by atoms with E-state index in [9.17, 15) is 14.7 Å². The van der Waals surface area contributed by atoms with Crippen LogP contribution in [0.25, 0.3) is 6.08 Å². The van der Waals surface area contributed by atoms with E-state index in [1.807, 2.05) is 19.1 Å². The molecule has 0 spiro atoms. The molecule has 2 saturated heterocycles. The zero-order valence-corrected chi connectivity index (χ0v) is 22.1. The molecule has 2 amide bonds. The average Bonchev–Trinajstić information content (AvgIpc) is 3.34. The Morgan fingerprint density at radius 2 is 1.94 bits per heavy atom. The molecule has 0 aromatic heterocycles. The van der Waals surface area contributed by atoms with Crippen molar-refractivity contribution in [3.05, 3.63) is 45.0 Å². The SMILES string of the molecule is CCC/C(=C\c1cc(Br)ccc1O)CC[C@H]1OC[C@H]2C1=C(CC)C[C@H]1C(=O)N(CCC)C(=O)[C@H]12. The van der Waals surface area contributed by atoms with Crippen LogP contribution >= 0.6 is 15.9 Å². The molecule has 0 unspecified atom stereocenters. The molecule has 4 rings (SSSR count). The van der Waals surface area contributed by atoms with Crippen molar-refractivity contribution < 1.29 is 19.4 Å². The maximum atomic E-state index is 13.2. The van der Waals surface area contributed by atoms with Gasteiger partial charge in [0.25, 0.3) is 0 Å². The topological polar surface area (TPSA) is 66.8 Å². The van der Waals surface area contributed by atoms with Gasteiger partial charge in [0, 0.05) is 22.5 Å². The van der Waals surface area contributed by atoms with Crippen LogP contribution in [0.1, 0.15) is 71.3 Å². The number of ether oxygens (including phenoxy) is 1. The Hall–Kier alpha value is -1.92. The van der Waals surface area contributed by atoms with E-state index < -0.39 is 0 Å². The lowest BCUT2D eigenvalue weighted by Crippen LogP contribution is -2.34. The maximum Gasteiger partial charge on any atom is 0.233 e. The van der Waals surface area contributed by atoms with Gasteiger partial charge in [-0.25, -0.2) is 0 Å². The fourth-order valence-electron chi connectivity index (χ4n) is 6.09. The molecule has 1 aromatic rings. The summed E-state index contributed by atoms with van der Waals surface area (Å²) in [4.78, 5) is 27.7. The van der Waals surface area contributed by atoms with Crippen molar-refractivity contribution in [2.24, 2.45) is 17.8 Å². The molecule has 4 atom stereocenters. The standard InChI is InChI=1S/C28H36BrNO4/c1-4-7-17(13-19-14-20(29)9-10-23(19)31)8-11-24-25-18(6-3)15-21-26(22(25)16-34-24)28(33)30(12-5-2)27(21)32/h9-10,13-14,21-22,24,26,31H,4-8,11-12,15-16H2,1-3H3/b17-13+/t21-,22+,24-,26-/m1/s1. The first-order valence-corrected chi connectivity index (χ1v) is 13.5. The van der Waals surface area contributed by atoms with Crippen LogP contribution in [0.2, 0.25) is 0 Å². The highest BCUT2D eigenvalue weighted by Crippen LogP contribution is 2.50. The first-order valence-electron chi connectivity index (χ1n) is 12.8. The van der Waals surface area contributed by atoms with Crippen molar-refractivity contribution in [3.63, 3.8) is 0 Å². The summed E-state index contributed by atoms with van der Waals surface area (Å²) in [5, 5.41) is 10.3. The number of carbonyl (C=O) groups is 2. The summed E-state index contributed by atoms with van der Waals surface area (Å²) in [6.07, 6.45) is 8.21. The summed E-state index contributed by atoms with van der Waals surface area (Å²) in [6, 6.07) is 5.49. The van der Waals surface area contributed by atoms with Crippen molar-refractivity contribution in [1.29, 1.82) is 0 Å². The molecule has 0 radical (unpaired) electrons. The van der Waals surface area contributed by atoms with E-state index in [0.717, 1.165) is 48.6 Å². The second-order valence-electron chi connectivity index (χ2n) is 9.80. The Kier molecular flexibility index (Phi) is 7.98. The van der Waals surface area contributed by atoms with Crippen LogP contribution in [-0.4, -0.2) is 41.1 Å². The number of phenols is 1. The minimum absolute atomic E-state index is 0.000361. The number of aromatic hydroxyl groups is 1. The lowest BCUT2D eigenvalue weighted by molar-refractivity contribution is -0.140. The molecule has 3 aliphatic rings. The van der Waals surface area contributed by atoms with Gasteiger partial charge < -0.3 is 9.84 Å². The molecule has 184 valence electrons. The van der Waals surface area contributed by atoms with Gasteiger partial charge in [-0.1, -0.05) is 60.3 Å². The van der Waals surface area contributed by atoms with Gasteiger partial charge in [-0.3, -0.25) is 14.5 Å². The number of allylic oxidation sites excluding steroid dienone is 2. The highest BCUT2D eigenvalue weighted by molar-refractivity contribution is 9.10. The Morgan fingerprint density at radius 1 is 1.15 bits per heavy atom.